The third-order valence-electron chi connectivity index (χ3n) is 2.91. The Bertz CT molecular complexity index is 119. The van der Waals surface area contributed by atoms with E-state index in [0.29, 0.717) is 0 Å². The molecule has 0 aliphatic carbocycles. The molecule has 0 spiro atoms. The molecule has 1 fully saturated rings. The SMILES string of the molecule is CCCC(CNCC)N1CCCC1. The maximum atomic E-state index is 3.47. The second kappa shape index (κ2) is 6.39. The van der Waals surface area contributed by atoms with Gasteiger partial charge in [-0.3, -0.25) is 4.90 Å². The van der Waals surface area contributed by atoms with Gasteiger partial charge in [0.15, 0.2) is 0 Å². The van der Waals surface area contributed by atoms with Crippen LogP contribution in [-0.4, -0.2) is 37.1 Å². The van der Waals surface area contributed by atoms with E-state index in [1.807, 2.05) is 0 Å². The van der Waals surface area contributed by atoms with E-state index in [9.17, 15) is 0 Å². The number of likely N-dealkylation sites (N-methyl/N-ethyl adjacent to an activating group) is 1. The molecule has 78 valence electrons. The lowest BCUT2D eigenvalue weighted by atomic mass is 10.1. The summed E-state index contributed by atoms with van der Waals surface area (Å²) < 4.78 is 0. The molecule has 2 nitrogen and oxygen atoms in total. The van der Waals surface area contributed by atoms with Crippen LogP contribution in [0.15, 0.2) is 0 Å². The molecule has 1 aliphatic rings. The van der Waals surface area contributed by atoms with Gasteiger partial charge in [0.1, 0.15) is 0 Å². The minimum atomic E-state index is 0.799. The molecular weight excluding hydrogens is 160 g/mol. The highest BCUT2D eigenvalue weighted by Crippen LogP contribution is 2.14. The van der Waals surface area contributed by atoms with Crippen molar-refractivity contribution < 1.29 is 0 Å². The number of hydrogen-bond acceptors (Lipinski definition) is 2. The second-order valence-corrected chi connectivity index (χ2v) is 3.99. The van der Waals surface area contributed by atoms with Gasteiger partial charge in [0, 0.05) is 12.6 Å². The molecule has 0 radical (unpaired) electrons. The van der Waals surface area contributed by atoms with E-state index < -0.39 is 0 Å². The summed E-state index contributed by atoms with van der Waals surface area (Å²) in [5.41, 5.74) is 0. The van der Waals surface area contributed by atoms with E-state index in [2.05, 4.69) is 24.1 Å². The molecule has 1 heterocycles. The van der Waals surface area contributed by atoms with Crippen LogP contribution in [0.1, 0.15) is 39.5 Å². The summed E-state index contributed by atoms with van der Waals surface area (Å²) in [6.45, 7) is 9.42. The lowest BCUT2D eigenvalue weighted by Crippen LogP contribution is -2.40. The van der Waals surface area contributed by atoms with Crippen LogP contribution in [0.2, 0.25) is 0 Å². The van der Waals surface area contributed by atoms with Gasteiger partial charge in [0.05, 0.1) is 0 Å². The summed E-state index contributed by atoms with van der Waals surface area (Å²) in [7, 11) is 0. The van der Waals surface area contributed by atoms with Crippen molar-refractivity contribution in [2.24, 2.45) is 0 Å². The van der Waals surface area contributed by atoms with Crippen molar-refractivity contribution in [1.29, 1.82) is 0 Å². The molecule has 0 bridgehead atoms. The predicted octanol–water partition coefficient (Wildman–Crippen LogP) is 1.86. The highest BCUT2D eigenvalue weighted by Gasteiger charge is 2.20. The topological polar surface area (TPSA) is 15.3 Å². The first-order valence-corrected chi connectivity index (χ1v) is 5.83. The van der Waals surface area contributed by atoms with Gasteiger partial charge in [-0.15, -0.1) is 0 Å². The largest absolute Gasteiger partial charge is 0.315 e. The first-order chi connectivity index (χ1) is 6.38. The average molecular weight is 184 g/mol. The third kappa shape index (κ3) is 3.65. The van der Waals surface area contributed by atoms with Crippen molar-refractivity contribution >= 4 is 0 Å². The van der Waals surface area contributed by atoms with Gasteiger partial charge >= 0.3 is 0 Å². The summed E-state index contributed by atoms with van der Waals surface area (Å²) in [6, 6.07) is 0.799. The lowest BCUT2D eigenvalue weighted by Gasteiger charge is -2.27. The fourth-order valence-electron chi connectivity index (χ4n) is 2.16. The zero-order valence-corrected chi connectivity index (χ0v) is 9.18. The Hall–Kier alpha value is -0.0800. The van der Waals surface area contributed by atoms with Gasteiger partial charge in [-0.05, 0) is 38.9 Å². The molecular formula is C11H24N2. The molecule has 0 aromatic rings. The molecule has 13 heavy (non-hydrogen) atoms. The molecule has 1 saturated heterocycles. The van der Waals surface area contributed by atoms with Crippen LogP contribution in [0.4, 0.5) is 0 Å². The zero-order chi connectivity index (χ0) is 9.52. The lowest BCUT2D eigenvalue weighted by molar-refractivity contribution is 0.224. The van der Waals surface area contributed by atoms with Crippen LogP contribution in [-0.2, 0) is 0 Å². The number of rotatable bonds is 6. The predicted molar refractivity (Wildman–Crippen MR) is 58.0 cm³/mol. The summed E-state index contributed by atoms with van der Waals surface area (Å²) in [4.78, 5) is 2.66. The second-order valence-electron chi connectivity index (χ2n) is 3.99. The van der Waals surface area contributed by atoms with Crippen LogP contribution in [0.25, 0.3) is 0 Å². The Morgan fingerprint density at radius 3 is 2.46 bits per heavy atom. The van der Waals surface area contributed by atoms with Crippen LogP contribution in [0.5, 0.6) is 0 Å². The Labute approximate surface area is 82.7 Å². The van der Waals surface area contributed by atoms with E-state index in [1.165, 1.54) is 45.3 Å². The summed E-state index contributed by atoms with van der Waals surface area (Å²) in [5, 5.41) is 3.47. The van der Waals surface area contributed by atoms with Crippen LogP contribution in [0.3, 0.4) is 0 Å². The van der Waals surface area contributed by atoms with Gasteiger partial charge in [-0.2, -0.15) is 0 Å². The molecule has 1 aliphatic heterocycles. The average Bonchev–Trinajstić information content (AvgIpc) is 2.65. The quantitative estimate of drug-likeness (QED) is 0.678. The van der Waals surface area contributed by atoms with Crippen molar-refractivity contribution in [3.8, 4) is 0 Å². The van der Waals surface area contributed by atoms with Crippen LogP contribution in [0, 0.1) is 0 Å². The Morgan fingerprint density at radius 2 is 1.92 bits per heavy atom. The molecule has 0 amide bonds. The van der Waals surface area contributed by atoms with E-state index in [1.54, 1.807) is 0 Å². The van der Waals surface area contributed by atoms with Crippen molar-refractivity contribution in [1.82, 2.24) is 10.2 Å². The van der Waals surface area contributed by atoms with Crippen molar-refractivity contribution in [3.63, 3.8) is 0 Å². The smallest absolute Gasteiger partial charge is 0.0220 e. The fourth-order valence-corrected chi connectivity index (χ4v) is 2.16. The summed E-state index contributed by atoms with van der Waals surface area (Å²) in [6.07, 6.45) is 5.48. The van der Waals surface area contributed by atoms with Crippen molar-refractivity contribution in [2.45, 2.75) is 45.6 Å². The van der Waals surface area contributed by atoms with E-state index in [-0.39, 0.29) is 0 Å². The van der Waals surface area contributed by atoms with Gasteiger partial charge < -0.3 is 5.32 Å². The standard InChI is InChI=1S/C11H24N2/c1-3-7-11(10-12-4-2)13-8-5-6-9-13/h11-12H,3-10H2,1-2H3. The van der Waals surface area contributed by atoms with E-state index in [4.69, 9.17) is 0 Å². The molecule has 1 atom stereocenters. The number of hydrogen-bond donors (Lipinski definition) is 1. The molecule has 0 aromatic carbocycles. The first kappa shape index (κ1) is 11.0. The molecule has 0 saturated carbocycles. The number of likely N-dealkylation sites (tertiary alicyclic amines) is 1. The van der Waals surface area contributed by atoms with Gasteiger partial charge in [-0.25, -0.2) is 0 Å². The minimum absolute atomic E-state index is 0.799. The van der Waals surface area contributed by atoms with Crippen LogP contribution >= 0.6 is 0 Å². The Balaban J connectivity index is 2.26. The fraction of sp³-hybridized carbons (Fsp3) is 1.00. The minimum Gasteiger partial charge on any atom is -0.315 e. The Kier molecular flexibility index (Phi) is 5.40. The van der Waals surface area contributed by atoms with E-state index >= 15 is 0 Å². The van der Waals surface area contributed by atoms with Gasteiger partial charge in [0.2, 0.25) is 0 Å². The highest BCUT2D eigenvalue weighted by molar-refractivity contribution is 4.77. The Morgan fingerprint density at radius 1 is 1.23 bits per heavy atom. The zero-order valence-electron chi connectivity index (χ0n) is 9.18. The van der Waals surface area contributed by atoms with E-state index in [0.717, 1.165) is 12.6 Å². The summed E-state index contributed by atoms with van der Waals surface area (Å²) >= 11 is 0. The monoisotopic (exact) mass is 184 g/mol. The van der Waals surface area contributed by atoms with Crippen LogP contribution < -0.4 is 5.32 Å². The molecule has 0 aromatic heterocycles. The summed E-state index contributed by atoms with van der Waals surface area (Å²) in [5.74, 6) is 0. The van der Waals surface area contributed by atoms with Crippen molar-refractivity contribution in [2.75, 3.05) is 26.2 Å². The maximum absolute atomic E-state index is 3.47. The number of nitrogens with zero attached hydrogens (tertiary/aromatic N) is 1. The normalized spacial score (nSPS) is 20.8. The molecule has 1 N–H and O–H groups in total. The number of nitrogens with one attached hydrogen (secondary N) is 1. The first-order valence-electron chi connectivity index (χ1n) is 5.83. The third-order valence-corrected chi connectivity index (χ3v) is 2.91. The van der Waals surface area contributed by atoms with Gasteiger partial charge in [0.25, 0.3) is 0 Å². The van der Waals surface area contributed by atoms with Gasteiger partial charge in [-0.1, -0.05) is 20.3 Å². The molecule has 2 heteroatoms. The maximum Gasteiger partial charge on any atom is 0.0220 e. The molecule has 1 rings (SSSR count). The highest BCUT2D eigenvalue weighted by atomic mass is 15.2. The van der Waals surface area contributed by atoms with Crippen molar-refractivity contribution in [3.05, 3.63) is 0 Å². The molecule has 1 unspecified atom stereocenters.